The van der Waals surface area contributed by atoms with E-state index < -0.39 is 34.7 Å². The van der Waals surface area contributed by atoms with E-state index in [1.165, 1.54) is 13.2 Å². The van der Waals surface area contributed by atoms with Crippen molar-refractivity contribution in [3.63, 3.8) is 0 Å². The highest BCUT2D eigenvalue weighted by Crippen LogP contribution is 2.40. The number of nitrogens with one attached hydrogen (secondary N) is 2. The van der Waals surface area contributed by atoms with E-state index in [0.717, 1.165) is 16.1 Å². The van der Waals surface area contributed by atoms with Gasteiger partial charge in [0, 0.05) is 43.4 Å². The molecular formula is C22H26F3N6O3PS. The first-order valence-corrected chi connectivity index (χ1v) is 15.2. The third kappa shape index (κ3) is 7.41. The standard InChI is InChI=1S/C22H26F3N6O3PS/c1-31(36(4,33)34)20-16(6-5-11-26-20)12-27-19-18(22(23,24)25)13-28-21(30-19)29-17-9-7-15(8-10-17)14-35(2,3)32/h5-11,13H,12,14H2,1-4H3,(H2,27,28,29,30). The number of hydrogen-bond donors (Lipinski definition) is 2. The van der Waals surface area contributed by atoms with Crippen LogP contribution in [0.3, 0.4) is 0 Å². The van der Waals surface area contributed by atoms with Crippen molar-refractivity contribution in [1.82, 2.24) is 15.0 Å². The summed E-state index contributed by atoms with van der Waals surface area (Å²) in [5.41, 5.74) is 0.685. The lowest BCUT2D eigenvalue weighted by atomic mass is 10.2. The number of pyridine rings is 1. The van der Waals surface area contributed by atoms with E-state index in [0.29, 0.717) is 23.6 Å². The third-order valence-electron chi connectivity index (χ3n) is 4.98. The van der Waals surface area contributed by atoms with Gasteiger partial charge in [-0.05, 0) is 37.1 Å². The molecule has 14 heteroatoms. The van der Waals surface area contributed by atoms with Crippen molar-refractivity contribution in [2.45, 2.75) is 18.9 Å². The highest BCUT2D eigenvalue weighted by Gasteiger charge is 2.35. The van der Waals surface area contributed by atoms with Gasteiger partial charge < -0.3 is 15.2 Å². The summed E-state index contributed by atoms with van der Waals surface area (Å²) in [6.07, 6.45) is -1.23. The second kappa shape index (κ2) is 10.4. The molecule has 0 aliphatic rings. The molecule has 0 radical (unpaired) electrons. The second-order valence-electron chi connectivity index (χ2n) is 8.58. The molecule has 0 fully saturated rings. The number of anilines is 4. The van der Waals surface area contributed by atoms with Crippen LogP contribution in [0.5, 0.6) is 0 Å². The first-order chi connectivity index (χ1) is 16.6. The molecule has 2 heterocycles. The number of alkyl halides is 3. The van der Waals surface area contributed by atoms with E-state index in [2.05, 4.69) is 25.6 Å². The van der Waals surface area contributed by atoms with Gasteiger partial charge in [0.1, 0.15) is 17.2 Å². The fourth-order valence-electron chi connectivity index (χ4n) is 3.23. The Morgan fingerprint density at radius 1 is 1.08 bits per heavy atom. The van der Waals surface area contributed by atoms with Crippen molar-refractivity contribution in [3.05, 3.63) is 65.5 Å². The predicted octanol–water partition coefficient (Wildman–Crippen LogP) is 4.76. The summed E-state index contributed by atoms with van der Waals surface area (Å²) >= 11 is 0. The summed E-state index contributed by atoms with van der Waals surface area (Å²) < 4.78 is 77.6. The monoisotopic (exact) mass is 542 g/mol. The van der Waals surface area contributed by atoms with Gasteiger partial charge in [-0.1, -0.05) is 18.2 Å². The van der Waals surface area contributed by atoms with Gasteiger partial charge in [-0.2, -0.15) is 18.2 Å². The molecule has 0 bridgehead atoms. The number of rotatable bonds is 9. The largest absolute Gasteiger partial charge is 0.421 e. The molecule has 0 unspecified atom stereocenters. The van der Waals surface area contributed by atoms with Crippen molar-refractivity contribution in [3.8, 4) is 0 Å². The van der Waals surface area contributed by atoms with Gasteiger partial charge in [-0.3, -0.25) is 4.31 Å². The summed E-state index contributed by atoms with van der Waals surface area (Å²) in [6.45, 7) is 3.21. The summed E-state index contributed by atoms with van der Waals surface area (Å²) in [7, 11) is -4.58. The predicted molar refractivity (Wildman–Crippen MR) is 135 cm³/mol. The molecule has 1 aromatic carbocycles. The molecule has 0 spiro atoms. The van der Waals surface area contributed by atoms with Crippen molar-refractivity contribution >= 4 is 40.4 Å². The van der Waals surface area contributed by atoms with Gasteiger partial charge in [0.15, 0.2) is 0 Å². The van der Waals surface area contributed by atoms with Crippen LogP contribution < -0.4 is 14.9 Å². The van der Waals surface area contributed by atoms with Crippen LogP contribution in [0, 0.1) is 0 Å². The number of halogens is 3. The number of benzene rings is 1. The van der Waals surface area contributed by atoms with Crippen molar-refractivity contribution in [2.24, 2.45) is 0 Å². The topological polar surface area (TPSA) is 117 Å². The second-order valence-corrected chi connectivity index (χ2v) is 14.1. The summed E-state index contributed by atoms with van der Waals surface area (Å²) in [5, 5.41) is 5.50. The van der Waals surface area contributed by atoms with Crippen LogP contribution in [0.1, 0.15) is 16.7 Å². The minimum absolute atomic E-state index is 0.0745. The molecule has 3 rings (SSSR count). The zero-order valence-corrected chi connectivity index (χ0v) is 21.7. The molecule has 36 heavy (non-hydrogen) atoms. The Morgan fingerprint density at radius 2 is 1.75 bits per heavy atom. The summed E-state index contributed by atoms with van der Waals surface area (Å²) in [4.78, 5) is 11.8. The molecule has 0 aliphatic carbocycles. The maximum atomic E-state index is 13.6. The number of nitrogens with zero attached hydrogens (tertiary/aromatic N) is 4. The molecular weight excluding hydrogens is 516 g/mol. The fraction of sp³-hybridized carbons (Fsp3) is 0.318. The zero-order valence-electron chi connectivity index (χ0n) is 20.0. The van der Waals surface area contributed by atoms with Crippen LogP contribution in [0.25, 0.3) is 0 Å². The molecule has 0 atom stereocenters. The zero-order chi connectivity index (χ0) is 26.7. The van der Waals surface area contributed by atoms with E-state index in [9.17, 15) is 26.2 Å². The highest BCUT2D eigenvalue weighted by atomic mass is 32.2. The van der Waals surface area contributed by atoms with Gasteiger partial charge in [0.2, 0.25) is 16.0 Å². The Balaban J connectivity index is 1.86. The van der Waals surface area contributed by atoms with E-state index in [4.69, 9.17) is 0 Å². The lowest BCUT2D eigenvalue weighted by Crippen LogP contribution is -2.27. The number of hydrogen-bond acceptors (Lipinski definition) is 8. The van der Waals surface area contributed by atoms with Crippen LogP contribution in [0.4, 0.5) is 36.4 Å². The molecule has 0 saturated heterocycles. The maximum absolute atomic E-state index is 13.6. The van der Waals surface area contributed by atoms with E-state index >= 15 is 0 Å². The Bertz CT molecular complexity index is 1380. The molecule has 0 amide bonds. The Hall–Kier alpha value is -3.18. The quantitative estimate of drug-likeness (QED) is 0.372. The minimum Gasteiger partial charge on any atom is -0.365 e. The molecule has 2 aromatic heterocycles. The average Bonchev–Trinajstić information content (AvgIpc) is 2.76. The Kier molecular flexibility index (Phi) is 7.94. The molecule has 0 aliphatic heterocycles. The fourth-order valence-corrected chi connectivity index (χ4v) is 4.80. The van der Waals surface area contributed by atoms with Crippen molar-refractivity contribution in [2.75, 3.05) is 41.6 Å². The first kappa shape index (κ1) is 27.4. The average molecular weight is 543 g/mol. The normalized spacial score (nSPS) is 12.3. The van der Waals surface area contributed by atoms with Crippen molar-refractivity contribution < 1.29 is 26.2 Å². The highest BCUT2D eigenvalue weighted by molar-refractivity contribution is 7.92. The van der Waals surface area contributed by atoms with E-state index in [1.807, 2.05) is 0 Å². The SMILES string of the molecule is CN(c1ncccc1CNc1nc(Nc2ccc(CP(C)(C)=O)cc2)ncc1C(F)(F)F)S(C)(=O)=O. The smallest absolute Gasteiger partial charge is 0.365 e. The molecule has 2 N–H and O–H groups in total. The third-order valence-corrected chi connectivity index (χ3v) is 7.27. The molecule has 3 aromatic rings. The minimum atomic E-state index is -4.72. The van der Waals surface area contributed by atoms with Gasteiger partial charge in [0.05, 0.1) is 13.4 Å². The lowest BCUT2D eigenvalue weighted by molar-refractivity contribution is -0.137. The van der Waals surface area contributed by atoms with E-state index in [-0.39, 0.29) is 18.3 Å². The van der Waals surface area contributed by atoms with Gasteiger partial charge in [-0.25, -0.2) is 18.4 Å². The van der Waals surface area contributed by atoms with E-state index in [1.54, 1.807) is 49.7 Å². The Labute approximate surface area is 207 Å². The van der Waals surface area contributed by atoms with Crippen LogP contribution in [-0.2, 0) is 33.5 Å². The van der Waals surface area contributed by atoms with Crippen LogP contribution in [-0.4, -0.2) is 50.0 Å². The lowest BCUT2D eigenvalue weighted by Gasteiger charge is -2.20. The summed E-state index contributed by atoms with van der Waals surface area (Å²) in [6, 6.07) is 10.0. The van der Waals surface area contributed by atoms with Crippen LogP contribution >= 0.6 is 7.14 Å². The van der Waals surface area contributed by atoms with Crippen molar-refractivity contribution in [1.29, 1.82) is 0 Å². The van der Waals surface area contributed by atoms with Gasteiger partial charge in [0.25, 0.3) is 0 Å². The molecule has 0 saturated carbocycles. The Morgan fingerprint density at radius 3 is 2.33 bits per heavy atom. The van der Waals surface area contributed by atoms with Gasteiger partial charge >= 0.3 is 6.18 Å². The number of aromatic nitrogens is 3. The van der Waals surface area contributed by atoms with Gasteiger partial charge in [-0.15, -0.1) is 0 Å². The van der Waals surface area contributed by atoms with Crippen LogP contribution in [0.2, 0.25) is 0 Å². The number of sulfonamides is 1. The first-order valence-electron chi connectivity index (χ1n) is 10.6. The molecule has 9 nitrogen and oxygen atoms in total. The summed E-state index contributed by atoms with van der Waals surface area (Å²) in [5.74, 6) is -0.474. The van der Waals surface area contributed by atoms with Crippen LogP contribution in [0.15, 0.2) is 48.8 Å². The maximum Gasteiger partial charge on any atom is 0.421 e. The molecule has 194 valence electrons.